The van der Waals surface area contributed by atoms with E-state index >= 15 is 0 Å². The smallest absolute Gasteiger partial charge is 0.424 e. The van der Waals surface area contributed by atoms with E-state index in [2.05, 4.69) is 0 Å². The molecule has 58 heavy (non-hydrogen) atoms. The van der Waals surface area contributed by atoms with Gasteiger partial charge in [-0.2, -0.15) is 17.5 Å². The number of ether oxygens (including phenoxy) is 4. The van der Waals surface area contributed by atoms with Crippen LogP contribution in [0.25, 0.3) is 0 Å². The van der Waals surface area contributed by atoms with Crippen molar-refractivity contribution in [1.82, 2.24) is 9.21 Å². The van der Waals surface area contributed by atoms with E-state index in [4.69, 9.17) is 18.9 Å². The standard InChI is InChI=1S/C43H46F4N2O8S/c1-28-14-20-33(21-15-28)58(52,53)49(41(51)57-42(2,3)4)35-24-36(55-26-37(35)56-38(43(45,46)47)27-54-25-29-10-6-5-7-11-29)40(50)48-23-22-30-12-8-9-13-34(30)39(48)31-16-18-32(44)19-17-31/h5-21,35-39H,22-27H2,1-4H3/t35-,36+,37-,38-,39-/m0/s1. The Morgan fingerprint density at radius 1 is 0.914 bits per heavy atom. The van der Waals surface area contributed by atoms with E-state index in [-0.39, 0.29) is 18.0 Å². The fourth-order valence-electron chi connectivity index (χ4n) is 7.13. The predicted octanol–water partition coefficient (Wildman–Crippen LogP) is 7.92. The molecule has 10 nitrogen and oxygen atoms in total. The first-order valence-electron chi connectivity index (χ1n) is 18.9. The first-order chi connectivity index (χ1) is 27.4. The molecule has 2 aliphatic rings. The third-order valence-corrected chi connectivity index (χ3v) is 11.7. The van der Waals surface area contributed by atoms with Crippen LogP contribution >= 0.6 is 0 Å². The van der Waals surface area contributed by atoms with Crippen molar-refractivity contribution in [1.29, 1.82) is 0 Å². The SMILES string of the molecule is Cc1ccc(S(=O)(=O)N(C(=O)OC(C)(C)C)[C@H]2C[C@H](C(=O)N3CCc4ccccc4[C@@H]3c3ccc(F)cc3)OC[C@@H]2O[C@@H](COCc2ccccc2)C(F)(F)F)cc1. The normalized spacial score (nSPS) is 20.5. The maximum Gasteiger partial charge on any atom is 0.424 e. The van der Waals surface area contributed by atoms with E-state index in [1.165, 1.54) is 62.1 Å². The van der Waals surface area contributed by atoms with Crippen LogP contribution in [-0.4, -0.2) is 85.5 Å². The van der Waals surface area contributed by atoms with Gasteiger partial charge in [0, 0.05) is 13.0 Å². The molecule has 2 aliphatic heterocycles. The summed E-state index contributed by atoms with van der Waals surface area (Å²) in [7, 11) is -4.87. The van der Waals surface area contributed by atoms with Crippen LogP contribution in [0.3, 0.4) is 0 Å². The highest BCUT2D eigenvalue weighted by Crippen LogP contribution is 2.38. The molecule has 0 unspecified atom stereocenters. The summed E-state index contributed by atoms with van der Waals surface area (Å²) in [5.74, 6) is -1.09. The van der Waals surface area contributed by atoms with Gasteiger partial charge < -0.3 is 23.8 Å². The molecule has 0 saturated carbocycles. The Morgan fingerprint density at radius 2 is 1.57 bits per heavy atom. The Kier molecular flexibility index (Phi) is 13.0. The third-order valence-electron chi connectivity index (χ3n) is 9.91. The number of aryl methyl sites for hydroxylation is 1. The number of amides is 2. The average molecular weight is 827 g/mol. The van der Waals surface area contributed by atoms with Gasteiger partial charge in [0.1, 0.15) is 23.6 Å². The maximum atomic E-state index is 14.7. The van der Waals surface area contributed by atoms with Gasteiger partial charge in [0.05, 0.1) is 36.8 Å². The first-order valence-corrected chi connectivity index (χ1v) is 20.3. The van der Waals surface area contributed by atoms with Crippen molar-refractivity contribution >= 4 is 22.0 Å². The third kappa shape index (κ3) is 10.1. The number of alkyl halides is 3. The number of fused-ring (bicyclic) bond motifs is 1. The summed E-state index contributed by atoms with van der Waals surface area (Å²) in [4.78, 5) is 30.0. The van der Waals surface area contributed by atoms with Gasteiger partial charge >= 0.3 is 12.3 Å². The van der Waals surface area contributed by atoms with Crippen molar-refractivity contribution in [3.8, 4) is 0 Å². The molecule has 0 N–H and O–H groups in total. The fourth-order valence-corrected chi connectivity index (χ4v) is 8.64. The molecule has 1 saturated heterocycles. The summed E-state index contributed by atoms with van der Waals surface area (Å²) in [6, 6.07) is 24.8. The minimum atomic E-state index is -5.00. The first kappa shape index (κ1) is 42.8. The summed E-state index contributed by atoms with van der Waals surface area (Å²) >= 11 is 0. The van der Waals surface area contributed by atoms with E-state index in [1.807, 2.05) is 24.3 Å². The molecule has 0 aliphatic carbocycles. The summed E-state index contributed by atoms with van der Waals surface area (Å²) in [5.41, 5.74) is 2.42. The van der Waals surface area contributed by atoms with Gasteiger partial charge in [-0.15, -0.1) is 0 Å². The van der Waals surface area contributed by atoms with E-state index < -0.39 is 89.6 Å². The van der Waals surface area contributed by atoms with Crippen LogP contribution in [0.5, 0.6) is 0 Å². The summed E-state index contributed by atoms with van der Waals surface area (Å²) < 4.78 is 110. The van der Waals surface area contributed by atoms with Gasteiger partial charge in [-0.3, -0.25) is 4.79 Å². The van der Waals surface area contributed by atoms with E-state index in [1.54, 1.807) is 49.4 Å². The summed E-state index contributed by atoms with van der Waals surface area (Å²) in [5, 5.41) is 0. The van der Waals surface area contributed by atoms with Gasteiger partial charge in [-0.25, -0.2) is 17.6 Å². The van der Waals surface area contributed by atoms with Crippen molar-refractivity contribution in [3.05, 3.63) is 137 Å². The Balaban J connectivity index is 1.39. The second kappa shape index (κ2) is 17.6. The minimum Gasteiger partial charge on any atom is -0.443 e. The molecule has 310 valence electrons. The Bertz CT molecular complexity index is 2150. The molecule has 5 atom stereocenters. The molecule has 0 bridgehead atoms. The maximum absolute atomic E-state index is 14.7. The van der Waals surface area contributed by atoms with Gasteiger partial charge in [0.15, 0.2) is 6.10 Å². The van der Waals surface area contributed by atoms with Crippen molar-refractivity contribution < 1.29 is 54.5 Å². The van der Waals surface area contributed by atoms with Crippen molar-refractivity contribution in [2.45, 2.75) is 94.2 Å². The number of carbonyl (C=O) groups is 2. The van der Waals surface area contributed by atoms with Crippen LogP contribution in [-0.2, 0) is 46.8 Å². The van der Waals surface area contributed by atoms with Crippen molar-refractivity contribution in [2.24, 2.45) is 0 Å². The zero-order valence-corrected chi connectivity index (χ0v) is 33.3. The lowest BCUT2D eigenvalue weighted by molar-refractivity contribution is -0.262. The highest BCUT2D eigenvalue weighted by Gasteiger charge is 2.52. The molecule has 6 rings (SSSR count). The molecule has 15 heteroatoms. The minimum absolute atomic E-state index is 0.169. The number of carbonyl (C=O) groups excluding carboxylic acids is 2. The second-order valence-corrected chi connectivity index (χ2v) is 17.2. The molecule has 0 aromatic heterocycles. The average Bonchev–Trinajstić information content (AvgIpc) is 3.17. The van der Waals surface area contributed by atoms with Crippen LogP contribution in [0.1, 0.15) is 61.1 Å². The highest BCUT2D eigenvalue weighted by molar-refractivity contribution is 7.89. The van der Waals surface area contributed by atoms with E-state index in [9.17, 15) is 35.6 Å². The van der Waals surface area contributed by atoms with Crippen LogP contribution in [0, 0.1) is 12.7 Å². The lowest BCUT2D eigenvalue weighted by atomic mass is 9.87. The van der Waals surface area contributed by atoms with Crippen LogP contribution in [0.15, 0.2) is 108 Å². The number of nitrogens with zero attached hydrogens (tertiary/aromatic N) is 2. The summed E-state index contributed by atoms with van der Waals surface area (Å²) in [6.45, 7) is 4.62. The van der Waals surface area contributed by atoms with E-state index in [0.717, 1.165) is 11.1 Å². The van der Waals surface area contributed by atoms with Crippen LogP contribution < -0.4 is 0 Å². The predicted molar refractivity (Wildman–Crippen MR) is 205 cm³/mol. The van der Waals surface area contributed by atoms with Gasteiger partial charge in [-0.1, -0.05) is 84.4 Å². The Hall–Kier alpha value is -4.83. The molecule has 4 aromatic carbocycles. The van der Waals surface area contributed by atoms with Crippen LogP contribution in [0.4, 0.5) is 22.4 Å². The molecular weight excluding hydrogens is 781 g/mol. The largest absolute Gasteiger partial charge is 0.443 e. The molecule has 0 radical (unpaired) electrons. The molecule has 4 aromatic rings. The Labute approximate surface area is 335 Å². The number of hydrogen-bond acceptors (Lipinski definition) is 8. The van der Waals surface area contributed by atoms with Gasteiger partial charge in [0.25, 0.3) is 15.9 Å². The molecule has 2 amide bonds. The lowest BCUT2D eigenvalue weighted by Gasteiger charge is -2.44. The quantitative estimate of drug-likeness (QED) is 0.140. The number of halogens is 4. The second-order valence-electron chi connectivity index (χ2n) is 15.4. The monoisotopic (exact) mass is 826 g/mol. The zero-order chi connectivity index (χ0) is 41.8. The summed E-state index contributed by atoms with van der Waals surface area (Å²) in [6.07, 6.45) is -12.3. The number of sulfonamides is 1. The molecule has 0 spiro atoms. The Morgan fingerprint density at radius 3 is 2.22 bits per heavy atom. The number of hydrogen-bond donors (Lipinski definition) is 0. The van der Waals surface area contributed by atoms with Gasteiger partial charge in [-0.05, 0) is 80.6 Å². The fraction of sp³-hybridized carbons (Fsp3) is 0.395. The molecule has 2 heterocycles. The number of rotatable bonds is 11. The van der Waals surface area contributed by atoms with Gasteiger partial charge in [0.2, 0.25) is 0 Å². The highest BCUT2D eigenvalue weighted by atomic mass is 32.2. The lowest BCUT2D eigenvalue weighted by Crippen LogP contribution is -2.61. The zero-order valence-electron chi connectivity index (χ0n) is 32.5. The molecule has 1 fully saturated rings. The van der Waals surface area contributed by atoms with Crippen LogP contribution in [0.2, 0.25) is 0 Å². The topological polar surface area (TPSA) is 112 Å². The van der Waals surface area contributed by atoms with E-state index in [0.29, 0.717) is 27.4 Å². The number of benzene rings is 4. The van der Waals surface area contributed by atoms with Crippen molar-refractivity contribution in [2.75, 3.05) is 19.8 Å². The van der Waals surface area contributed by atoms with Crippen molar-refractivity contribution in [3.63, 3.8) is 0 Å². The molecular formula is C43H46F4N2O8S.